The number of hydrogen-bond donors (Lipinski definition) is 0. The fourth-order valence-electron chi connectivity index (χ4n) is 4.03. The molecule has 0 aliphatic heterocycles. The first-order valence-electron chi connectivity index (χ1n) is 8.46. The van der Waals surface area contributed by atoms with Gasteiger partial charge in [-0.1, -0.05) is 102 Å². The maximum absolute atomic E-state index is 2.44. The molecule has 118 valence electrons. The van der Waals surface area contributed by atoms with Crippen molar-refractivity contribution in [3.05, 3.63) is 71.8 Å². The van der Waals surface area contributed by atoms with Crippen molar-refractivity contribution in [2.45, 2.75) is 52.4 Å². The lowest BCUT2D eigenvalue weighted by atomic mass is 9.50. The molecular formula is C22H30. The van der Waals surface area contributed by atoms with Gasteiger partial charge in [0.15, 0.2) is 0 Å². The van der Waals surface area contributed by atoms with Gasteiger partial charge >= 0.3 is 0 Å². The molecule has 0 aromatic heterocycles. The molecule has 0 spiro atoms. The van der Waals surface area contributed by atoms with E-state index in [1.165, 1.54) is 11.1 Å². The van der Waals surface area contributed by atoms with E-state index in [0.29, 0.717) is 11.8 Å². The van der Waals surface area contributed by atoms with Crippen molar-refractivity contribution in [3.8, 4) is 0 Å². The molecule has 2 rings (SSSR count). The van der Waals surface area contributed by atoms with Gasteiger partial charge in [-0.05, 0) is 23.0 Å². The van der Waals surface area contributed by atoms with Gasteiger partial charge in [-0.25, -0.2) is 0 Å². The highest BCUT2D eigenvalue weighted by molar-refractivity contribution is 5.39. The van der Waals surface area contributed by atoms with E-state index < -0.39 is 0 Å². The molecule has 0 aliphatic carbocycles. The summed E-state index contributed by atoms with van der Waals surface area (Å²) in [4.78, 5) is 0. The van der Waals surface area contributed by atoms with Crippen LogP contribution in [0.15, 0.2) is 60.7 Å². The number of hydrogen-bond acceptors (Lipinski definition) is 0. The average Bonchev–Trinajstić information content (AvgIpc) is 2.54. The lowest BCUT2D eigenvalue weighted by Crippen LogP contribution is -2.52. The monoisotopic (exact) mass is 294 g/mol. The molecule has 0 radical (unpaired) electrons. The van der Waals surface area contributed by atoms with Crippen LogP contribution in [-0.4, -0.2) is 0 Å². The summed E-state index contributed by atoms with van der Waals surface area (Å²) in [5.41, 5.74) is 3.02. The van der Waals surface area contributed by atoms with E-state index in [9.17, 15) is 0 Å². The molecule has 0 saturated heterocycles. The summed E-state index contributed by atoms with van der Waals surface area (Å²) < 4.78 is 0. The van der Waals surface area contributed by atoms with Crippen LogP contribution in [-0.2, 0) is 10.8 Å². The molecule has 2 atom stereocenters. The largest absolute Gasteiger partial charge is 0.0622 e. The predicted molar refractivity (Wildman–Crippen MR) is 97.3 cm³/mol. The molecule has 0 aliphatic rings. The van der Waals surface area contributed by atoms with Crippen molar-refractivity contribution in [2.75, 3.05) is 0 Å². The summed E-state index contributed by atoms with van der Waals surface area (Å²) in [6.07, 6.45) is 0. The molecule has 0 saturated carbocycles. The first-order chi connectivity index (χ1) is 10.3. The van der Waals surface area contributed by atoms with Crippen molar-refractivity contribution in [1.29, 1.82) is 0 Å². The first kappa shape index (κ1) is 16.8. The Morgan fingerprint density at radius 3 is 1.05 bits per heavy atom. The normalized spacial score (nSPS) is 17.3. The highest BCUT2D eigenvalue weighted by atomic mass is 14.5. The Bertz CT molecular complexity index is 526. The minimum atomic E-state index is 0.0732. The third kappa shape index (κ3) is 2.49. The van der Waals surface area contributed by atoms with E-state index in [0.717, 1.165) is 0 Å². The molecular weight excluding hydrogens is 264 g/mol. The van der Waals surface area contributed by atoms with Crippen LogP contribution in [0.5, 0.6) is 0 Å². The summed E-state index contributed by atoms with van der Waals surface area (Å²) in [7, 11) is 0. The highest BCUT2D eigenvalue weighted by Gasteiger charge is 2.50. The van der Waals surface area contributed by atoms with Crippen LogP contribution in [0.1, 0.15) is 52.7 Å². The van der Waals surface area contributed by atoms with Crippen LogP contribution in [0, 0.1) is 11.8 Å². The highest BCUT2D eigenvalue weighted by Crippen LogP contribution is 2.52. The smallest absolute Gasteiger partial charge is 0.00443 e. The van der Waals surface area contributed by atoms with Gasteiger partial charge in [-0.2, -0.15) is 0 Å². The third-order valence-electron chi connectivity index (χ3n) is 6.14. The topological polar surface area (TPSA) is 0 Å². The quantitative estimate of drug-likeness (QED) is 0.614. The minimum absolute atomic E-state index is 0.0732. The van der Waals surface area contributed by atoms with E-state index in [-0.39, 0.29) is 10.8 Å². The Balaban J connectivity index is 2.72. The number of benzene rings is 2. The van der Waals surface area contributed by atoms with Crippen molar-refractivity contribution in [1.82, 2.24) is 0 Å². The van der Waals surface area contributed by atoms with Gasteiger partial charge in [0.2, 0.25) is 0 Å². The van der Waals surface area contributed by atoms with Crippen LogP contribution >= 0.6 is 0 Å². The van der Waals surface area contributed by atoms with Crippen molar-refractivity contribution in [2.24, 2.45) is 11.8 Å². The zero-order chi connectivity index (χ0) is 16.4. The third-order valence-corrected chi connectivity index (χ3v) is 6.14. The molecule has 0 amide bonds. The van der Waals surface area contributed by atoms with Gasteiger partial charge in [0.1, 0.15) is 0 Å². The zero-order valence-electron chi connectivity index (χ0n) is 14.9. The van der Waals surface area contributed by atoms with Crippen LogP contribution in [0.3, 0.4) is 0 Å². The van der Waals surface area contributed by atoms with E-state index in [1.54, 1.807) is 0 Å². The Hall–Kier alpha value is -1.56. The molecule has 2 aromatic rings. The summed E-state index contributed by atoms with van der Waals surface area (Å²) in [6, 6.07) is 22.1. The molecule has 0 fully saturated rings. The molecule has 22 heavy (non-hydrogen) atoms. The molecule has 0 unspecified atom stereocenters. The van der Waals surface area contributed by atoms with Crippen LogP contribution in [0.2, 0.25) is 0 Å². The van der Waals surface area contributed by atoms with Crippen LogP contribution in [0.4, 0.5) is 0 Å². The number of rotatable bonds is 5. The van der Waals surface area contributed by atoms with Gasteiger partial charge in [-0.3, -0.25) is 0 Å². The summed E-state index contributed by atoms with van der Waals surface area (Å²) in [5.74, 6) is 1.09. The lowest BCUT2D eigenvalue weighted by Gasteiger charge is -2.53. The minimum Gasteiger partial charge on any atom is -0.0622 e. The van der Waals surface area contributed by atoms with Gasteiger partial charge in [0, 0.05) is 10.8 Å². The average molecular weight is 294 g/mol. The van der Waals surface area contributed by atoms with Crippen molar-refractivity contribution < 1.29 is 0 Å². The Kier molecular flexibility index (Phi) is 4.80. The Morgan fingerprint density at radius 2 is 0.818 bits per heavy atom. The first-order valence-corrected chi connectivity index (χ1v) is 8.46. The van der Waals surface area contributed by atoms with E-state index >= 15 is 0 Å². The SMILES string of the molecule is CC(C)[C@@](C)(c1ccccc1)[C@](C)(c1ccccc1)C(C)C. The molecule has 0 N–H and O–H groups in total. The maximum Gasteiger partial charge on any atom is 0.00443 e. The second kappa shape index (κ2) is 6.28. The van der Waals surface area contributed by atoms with E-state index in [4.69, 9.17) is 0 Å². The van der Waals surface area contributed by atoms with Crippen molar-refractivity contribution in [3.63, 3.8) is 0 Å². The van der Waals surface area contributed by atoms with E-state index in [2.05, 4.69) is 102 Å². The second-order valence-electron chi connectivity index (χ2n) is 7.45. The van der Waals surface area contributed by atoms with Crippen LogP contribution < -0.4 is 0 Å². The van der Waals surface area contributed by atoms with Gasteiger partial charge in [-0.15, -0.1) is 0 Å². The Labute approximate surface area is 136 Å². The summed E-state index contributed by atoms with van der Waals surface area (Å²) in [5, 5.41) is 0. The van der Waals surface area contributed by atoms with E-state index in [1.807, 2.05) is 0 Å². The van der Waals surface area contributed by atoms with Gasteiger partial charge in [0.25, 0.3) is 0 Å². The molecule has 0 nitrogen and oxygen atoms in total. The van der Waals surface area contributed by atoms with Gasteiger partial charge < -0.3 is 0 Å². The van der Waals surface area contributed by atoms with Crippen molar-refractivity contribution >= 4 is 0 Å². The predicted octanol–water partition coefficient (Wildman–Crippen LogP) is 6.21. The summed E-state index contributed by atoms with van der Waals surface area (Å²) in [6.45, 7) is 14.3. The molecule has 0 heterocycles. The fraction of sp³-hybridized carbons (Fsp3) is 0.455. The molecule has 0 heteroatoms. The fourth-order valence-corrected chi connectivity index (χ4v) is 4.03. The standard InChI is InChI=1S/C22H30/c1-17(2)21(5,19-13-9-7-10-14-19)22(6,18(3)4)20-15-11-8-12-16-20/h7-18H,1-6H3/t21-,22-/m0/s1. The molecule has 2 aromatic carbocycles. The zero-order valence-corrected chi connectivity index (χ0v) is 14.9. The second-order valence-corrected chi connectivity index (χ2v) is 7.45. The van der Waals surface area contributed by atoms with Crippen LogP contribution in [0.25, 0.3) is 0 Å². The van der Waals surface area contributed by atoms with Gasteiger partial charge in [0.05, 0.1) is 0 Å². The summed E-state index contributed by atoms with van der Waals surface area (Å²) >= 11 is 0. The molecule has 0 bridgehead atoms. The lowest BCUT2D eigenvalue weighted by molar-refractivity contribution is 0.131. The maximum atomic E-state index is 2.44. The Morgan fingerprint density at radius 1 is 0.545 bits per heavy atom.